The van der Waals surface area contributed by atoms with Crippen molar-refractivity contribution >= 4 is 21.6 Å². The van der Waals surface area contributed by atoms with E-state index in [9.17, 15) is 17.6 Å². The highest BCUT2D eigenvalue weighted by molar-refractivity contribution is 7.89. The normalized spacial score (nSPS) is 18.2. The van der Waals surface area contributed by atoms with Crippen LogP contribution in [0.4, 0.5) is 10.1 Å². The molecule has 1 N–H and O–H groups in total. The molecule has 1 saturated heterocycles. The van der Waals surface area contributed by atoms with E-state index in [1.54, 1.807) is 31.5 Å². The molecule has 1 aliphatic rings. The number of sulfonamides is 1. The summed E-state index contributed by atoms with van der Waals surface area (Å²) in [5, 5.41) is -0.114. The number of nitrogens with zero attached hydrogens (tertiary/aromatic N) is 3. The van der Waals surface area contributed by atoms with Crippen molar-refractivity contribution in [2.45, 2.75) is 31.3 Å². The van der Waals surface area contributed by atoms with Crippen molar-refractivity contribution in [1.82, 2.24) is 14.3 Å². The predicted molar refractivity (Wildman–Crippen MR) is 90.2 cm³/mol. The topological polar surface area (TPSA) is 84.3 Å². The lowest BCUT2D eigenvalue weighted by atomic mass is 10.2. The number of aromatic nitrogens is 2. The Morgan fingerprint density at radius 1 is 1.32 bits per heavy atom. The summed E-state index contributed by atoms with van der Waals surface area (Å²) in [5.41, 5.74) is 0.984. The van der Waals surface area contributed by atoms with Crippen LogP contribution in [0, 0.1) is 19.7 Å². The Bertz CT molecular complexity index is 919. The molecule has 1 atom stereocenters. The van der Waals surface area contributed by atoms with Crippen molar-refractivity contribution in [1.29, 1.82) is 0 Å². The quantitative estimate of drug-likeness (QED) is 0.883. The van der Waals surface area contributed by atoms with Crippen LogP contribution in [0.25, 0.3) is 0 Å². The first kappa shape index (κ1) is 17.6. The number of aryl methyl sites for hydroxylation is 3. The molecule has 9 heteroatoms. The Morgan fingerprint density at radius 3 is 2.64 bits per heavy atom. The van der Waals surface area contributed by atoms with Crippen LogP contribution >= 0.6 is 0 Å². The monoisotopic (exact) mass is 366 g/mol. The van der Waals surface area contributed by atoms with Crippen LogP contribution in [0.5, 0.6) is 0 Å². The van der Waals surface area contributed by atoms with Crippen molar-refractivity contribution in [3.63, 3.8) is 0 Å². The molecular formula is C16H19FN4O3S. The maximum absolute atomic E-state index is 13.4. The highest BCUT2D eigenvalue weighted by Crippen LogP contribution is 2.24. The van der Waals surface area contributed by atoms with Gasteiger partial charge in [0, 0.05) is 25.5 Å². The molecule has 134 valence electrons. The fourth-order valence-electron chi connectivity index (χ4n) is 2.75. The Kier molecular flexibility index (Phi) is 4.38. The first-order chi connectivity index (χ1) is 11.7. The molecule has 1 unspecified atom stereocenters. The SMILES string of the molecule is Cc1cc(N2CCC(NS(=O)(=O)c3cn(C)c(C)n3)C2=O)ccc1F. The van der Waals surface area contributed by atoms with Gasteiger partial charge in [-0.3, -0.25) is 4.79 Å². The standard InChI is InChI=1S/C16H19FN4O3S/c1-10-8-12(4-5-13(10)17)21-7-6-14(16(21)22)19-25(23,24)15-9-20(3)11(2)18-15/h4-5,8-9,14,19H,6-7H2,1-3H3. The Morgan fingerprint density at radius 2 is 2.04 bits per heavy atom. The van der Waals surface area contributed by atoms with Gasteiger partial charge in [-0.1, -0.05) is 0 Å². The molecule has 0 spiro atoms. The molecule has 0 saturated carbocycles. The van der Waals surface area contributed by atoms with Crippen molar-refractivity contribution in [3.05, 3.63) is 41.6 Å². The molecule has 3 rings (SSSR count). The van der Waals surface area contributed by atoms with E-state index in [-0.39, 0.29) is 16.8 Å². The molecule has 1 amide bonds. The van der Waals surface area contributed by atoms with Gasteiger partial charge in [-0.25, -0.2) is 17.8 Å². The fraction of sp³-hybridized carbons (Fsp3) is 0.375. The van der Waals surface area contributed by atoms with Crippen LogP contribution in [0.15, 0.2) is 29.4 Å². The number of halogens is 1. The lowest BCUT2D eigenvalue weighted by molar-refractivity contribution is -0.118. The molecule has 0 radical (unpaired) electrons. The fourth-order valence-corrected chi connectivity index (χ4v) is 4.01. The van der Waals surface area contributed by atoms with Crippen LogP contribution < -0.4 is 9.62 Å². The summed E-state index contributed by atoms with van der Waals surface area (Å²) >= 11 is 0. The highest BCUT2D eigenvalue weighted by atomic mass is 32.2. The summed E-state index contributed by atoms with van der Waals surface area (Å²) in [6.07, 6.45) is 1.73. The summed E-state index contributed by atoms with van der Waals surface area (Å²) in [6.45, 7) is 3.67. The highest BCUT2D eigenvalue weighted by Gasteiger charge is 2.36. The maximum Gasteiger partial charge on any atom is 0.260 e. The van der Waals surface area contributed by atoms with Crippen LogP contribution in [-0.2, 0) is 21.9 Å². The number of rotatable bonds is 4. The number of carbonyl (C=O) groups is 1. The van der Waals surface area contributed by atoms with E-state index < -0.39 is 16.1 Å². The van der Waals surface area contributed by atoms with Crippen molar-refractivity contribution in [2.24, 2.45) is 7.05 Å². The second-order valence-corrected chi connectivity index (χ2v) is 7.78. The zero-order valence-corrected chi connectivity index (χ0v) is 15.0. The van der Waals surface area contributed by atoms with Crippen molar-refractivity contribution in [3.8, 4) is 0 Å². The molecule has 1 aliphatic heterocycles. The minimum absolute atomic E-state index is 0.114. The first-order valence-corrected chi connectivity index (χ1v) is 9.27. The third-order valence-electron chi connectivity index (χ3n) is 4.32. The minimum atomic E-state index is -3.89. The molecule has 2 aromatic rings. The third kappa shape index (κ3) is 3.29. The second-order valence-electron chi connectivity index (χ2n) is 6.12. The van der Waals surface area contributed by atoms with E-state index >= 15 is 0 Å². The van der Waals surface area contributed by atoms with Gasteiger partial charge in [0.1, 0.15) is 17.7 Å². The lowest BCUT2D eigenvalue weighted by Gasteiger charge is -2.17. The Hall–Kier alpha value is -2.26. The largest absolute Gasteiger partial charge is 0.337 e. The number of hydrogen-bond acceptors (Lipinski definition) is 4. The summed E-state index contributed by atoms with van der Waals surface area (Å²) in [6, 6.07) is 3.52. The van der Waals surface area contributed by atoms with E-state index in [0.717, 1.165) is 0 Å². The minimum Gasteiger partial charge on any atom is -0.337 e. The van der Waals surface area contributed by atoms with E-state index in [0.29, 0.717) is 30.0 Å². The second kappa shape index (κ2) is 6.23. The van der Waals surface area contributed by atoms with Gasteiger partial charge in [0.25, 0.3) is 10.0 Å². The van der Waals surface area contributed by atoms with E-state index in [1.165, 1.54) is 23.2 Å². The van der Waals surface area contributed by atoms with Crippen LogP contribution in [0.3, 0.4) is 0 Å². The Labute approximate surface area is 145 Å². The summed E-state index contributed by atoms with van der Waals surface area (Å²) in [5.74, 6) is -0.151. The lowest BCUT2D eigenvalue weighted by Crippen LogP contribution is -2.41. The summed E-state index contributed by atoms with van der Waals surface area (Å²) in [7, 11) is -2.19. The number of imidazole rings is 1. The Balaban J connectivity index is 1.79. The molecule has 1 aromatic carbocycles. The smallest absolute Gasteiger partial charge is 0.260 e. The van der Waals surface area contributed by atoms with E-state index in [2.05, 4.69) is 9.71 Å². The van der Waals surface area contributed by atoms with Gasteiger partial charge in [-0.05, 0) is 44.0 Å². The van der Waals surface area contributed by atoms with Gasteiger partial charge in [0.15, 0.2) is 5.03 Å². The summed E-state index contributed by atoms with van der Waals surface area (Å²) < 4.78 is 42.3. The number of nitrogens with one attached hydrogen (secondary N) is 1. The number of amides is 1. The molecule has 0 aliphatic carbocycles. The van der Waals surface area contributed by atoms with Crippen molar-refractivity contribution < 1.29 is 17.6 Å². The number of hydrogen-bond donors (Lipinski definition) is 1. The van der Waals surface area contributed by atoms with Gasteiger partial charge in [0.05, 0.1) is 0 Å². The third-order valence-corrected chi connectivity index (χ3v) is 5.66. The van der Waals surface area contributed by atoms with Gasteiger partial charge in [-0.15, -0.1) is 0 Å². The zero-order valence-electron chi connectivity index (χ0n) is 14.2. The number of anilines is 1. The van der Waals surface area contributed by atoms with Gasteiger partial charge in [0.2, 0.25) is 5.91 Å². The van der Waals surface area contributed by atoms with Crippen LogP contribution in [0.1, 0.15) is 17.8 Å². The van der Waals surface area contributed by atoms with Crippen LogP contribution in [0.2, 0.25) is 0 Å². The average molecular weight is 366 g/mol. The first-order valence-electron chi connectivity index (χ1n) is 7.79. The summed E-state index contributed by atoms with van der Waals surface area (Å²) in [4.78, 5) is 18.0. The molecule has 1 aromatic heterocycles. The number of carbonyl (C=O) groups excluding carboxylic acids is 1. The van der Waals surface area contributed by atoms with Crippen LogP contribution in [-0.4, -0.2) is 36.5 Å². The maximum atomic E-state index is 13.4. The van der Waals surface area contributed by atoms with Crippen molar-refractivity contribution in [2.75, 3.05) is 11.4 Å². The average Bonchev–Trinajstić information content (AvgIpc) is 3.06. The van der Waals surface area contributed by atoms with E-state index in [4.69, 9.17) is 0 Å². The molecule has 1 fully saturated rings. The van der Waals surface area contributed by atoms with Gasteiger partial charge < -0.3 is 9.47 Å². The molecular weight excluding hydrogens is 347 g/mol. The molecule has 2 heterocycles. The van der Waals surface area contributed by atoms with Gasteiger partial charge in [-0.2, -0.15) is 4.72 Å². The number of benzene rings is 1. The molecule has 0 bridgehead atoms. The van der Waals surface area contributed by atoms with Gasteiger partial charge >= 0.3 is 0 Å². The predicted octanol–water partition coefficient (Wildman–Crippen LogP) is 1.26. The molecule has 7 nitrogen and oxygen atoms in total. The van der Waals surface area contributed by atoms with E-state index in [1.807, 2.05) is 0 Å². The molecule has 25 heavy (non-hydrogen) atoms. The zero-order chi connectivity index (χ0) is 18.4.